The lowest BCUT2D eigenvalue weighted by Crippen LogP contribution is -1.79. The van der Waals surface area contributed by atoms with Crippen molar-refractivity contribution < 1.29 is 0 Å². The zero-order valence-electron chi connectivity index (χ0n) is 5.37. The molecule has 0 radical (unpaired) electrons. The molecule has 2 heterocycles. The van der Waals surface area contributed by atoms with Gasteiger partial charge in [-0.05, 0) is 11.4 Å². The van der Waals surface area contributed by atoms with Gasteiger partial charge < -0.3 is 0 Å². The van der Waals surface area contributed by atoms with Crippen molar-refractivity contribution in [2.45, 2.75) is 12.1 Å². The van der Waals surface area contributed by atoms with Crippen LogP contribution < -0.4 is 5.32 Å². The summed E-state index contributed by atoms with van der Waals surface area (Å²) in [6.07, 6.45) is 5.22. The van der Waals surface area contributed by atoms with Crippen molar-refractivity contribution in [1.29, 1.82) is 0 Å². The lowest BCUT2D eigenvalue weighted by atomic mass is 10.3. The Morgan fingerprint density at radius 1 is 1.70 bits per heavy atom. The van der Waals surface area contributed by atoms with Gasteiger partial charge in [0, 0.05) is 4.88 Å². The number of thiophene rings is 1. The van der Waals surface area contributed by atoms with E-state index in [9.17, 15) is 0 Å². The predicted octanol–water partition coefficient (Wildman–Crippen LogP) is 1.39. The Bertz CT molecular complexity index is 257. The summed E-state index contributed by atoms with van der Waals surface area (Å²) >= 11 is 1.75. The molecule has 10 heavy (non-hydrogen) atoms. The molecule has 1 fully saturated rings. The van der Waals surface area contributed by atoms with E-state index < -0.39 is 0 Å². The van der Waals surface area contributed by atoms with Gasteiger partial charge >= 0.3 is 0 Å². The van der Waals surface area contributed by atoms with Crippen molar-refractivity contribution in [3.8, 4) is 12.3 Å². The quantitative estimate of drug-likeness (QED) is 0.473. The molecule has 1 aromatic heterocycles. The number of terminal acetylenes is 1. The molecule has 2 atom stereocenters. The van der Waals surface area contributed by atoms with Gasteiger partial charge in [0.2, 0.25) is 0 Å². The zero-order valence-corrected chi connectivity index (χ0v) is 6.19. The third-order valence-corrected chi connectivity index (χ3v) is 2.57. The summed E-state index contributed by atoms with van der Waals surface area (Å²) in [7, 11) is 0. The number of nitrogens with one attached hydrogen (secondary N) is 1. The Balaban J connectivity index is 2.13. The zero-order chi connectivity index (χ0) is 6.97. The minimum absolute atomic E-state index is 0.290. The highest BCUT2D eigenvalue weighted by Crippen LogP contribution is 2.31. The van der Waals surface area contributed by atoms with E-state index in [0.717, 1.165) is 0 Å². The molecule has 0 spiro atoms. The van der Waals surface area contributed by atoms with Crippen LogP contribution in [0.15, 0.2) is 17.5 Å². The molecule has 2 heteroatoms. The van der Waals surface area contributed by atoms with Crippen LogP contribution in [0.3, 0.4) is 0 Å². The maximum Gasteiger partial charge on any atom is 0.0898 e. The largest absolute Gasteiger partial charge is 0.292 e. The fraction of sp³-hybridized carbons (Fsp3) is 0.250. The Morgan fingerprint density at radius 3 is 3.10 bits per heavy atom. The lowest BCUT2D eigenvalue weighted by molar-refractivity contribution is 1.11. The van der Waals surface area contributed by atoms with Gasteiger partial charge in [0.15, 0.2) is 0 Å². The number of hydrogen-bond donors (Lipinski definition) is 1. The summed E-state index contributed by atoms with van der Waals surface area (Å²) in [6, 6.07) is 4.90. The van der Waals surface area contributed by atoms with Crippen LogP contribution >= 0.6 is 11.3 Å². The SMILES string of the molecule is C#C[C@@H]1N[C@H]1c1cccs1. The van der Waals surface area contributed by atoms with E-state index in [2.05, 4.69) is 22.7 Å². The van der Waals surface area contributed by atoms with Crippen LogP contribution in [-0.2, 0) is 0 Å². The fourth-order valence-electron chi connectivity index (χ4n) is 0.997. The van der Waals surface area contributed by atoms with Gasteiger partial charge in [0.1, 0.15) is 0 Å². The van der Waals surface area contributed by atoms with E-state index in [1.54, 1.807) is 11.3 Å². The maximum atomic E-state index is 5.22. The summed E-state index contributed by atoms with van der Waals surface area (Å²) < 4.78 is 0. The van der Waals surface area contributed by atoms with Gasteiger partial charge in [-0.3, -0.25) is 5.32 Å². The van der Waals surface area contributed by atoms with Crippen molar-refractivity contribution >= 4 is 11.3 Å². The lowest BCUT2D eigenvalue weighted by Gasteiger charge is -1.83. The summed E-state index contributed by atoms with van der Waals surface area (Å²) in [5, 5.41) is 5.27. The van der Waals surface area contributed by atoms with Crippen LogP contribution in [0.25, 0.3) is 0 Å². The first-order valence-electron chi connectivity index (χ1n) is 3.17. The normalized spacial score (nSPS) is 29.5. The number of rotatable bonds is 1. The van der Waals surface area contributed by atoms with Crippen molar-refractivity contribution in [2.75, 3.05) is 0 Å². The molecule has 1 nitrogen and oxygen atoms in total. The van der Waals surface area contributed by atoms with Gasteiger partial charge in [-0.15, -0.1) is 17.8 Å². The standard InChI is InChI=1S/C8H7NS/c1-2-6-8(9-6)7-4-3-5-10-7/h1,3-6,8-9H/t6-,8+/m0/s1. The number of hydrogen-bond acceptors (Lipinski definition) is 2. The Kier molecular flexibility index (Phi) is 1.26. The van der Waals surface area contributed by atoms with Crippen LogP contribution in [0.2, 0.25) is 0 Å². The van der Waals surface area contributed by atoms with Crippen molar-refractivity contribution in [1.82, 2.24) is 5.32 Å². The van der Waals surface area contributed by atoms with Crippen LogP contribution in [0.4, 0.5) is 0 Å². The van der Waals surface area contributed by atoms with Crippen molar-refractivity contribution in [2.24, 2.45) is 0 Å². The van der Waals surface area contributed by atoms with E-state index in [0.29, 0.717) is 12.1 Å². The monoisotopic (exact) mass is 149 g/mol. The molecular weight excluding hydrogens is 142 g/mol. The van der Waals surface area contributed by atoms with Gasteiger partial charge in [-0.1, -0.05) is 12.0 Å². The molecule has 0 aliphatic carbocycles. The van der Waals surface area contributed by atoms with E-state index in [-0.39, 0.29) is 0 Å². The molecule has 0 amide bonds. The first-order valence-corrected chi connectivity index (χ1v) is 4.05. The second-order valence-corrected chi connectivity index (χ2v) is 3.28. The highest BCUT2D eigenvalue weighted by Gasteiger charge is 2.36. The molecule has 2 rings (SSSR count). The molecule has 0 bridgehead atoms. The molecule has 1 saturated heterocycles. The molecule has 0 unspecified atom stereocenters. The summed E-state index contributed by atoms with van der Waals surface area (Å²) in [5.41, 5.74) is 0. The minimum Gasteiger partial charge on any atom is -0.292 e. The molecule has 1 aliphatic rings. The topological polar surface area (TPSA) is 21.9 Å². The maximum absolute atomic E-state index is 5.22. The highest BCUT2D eigenvalue weighted by atomic mass is 32.1. The van der Waals surface area contributed by atoms with Gasteiger partial charge in [-0.25, -0.2) is 0 Å². The van der Waals surface area contributed by atoms with E-state index >= 15 is 0 Å². The molecule has 50 valence electrons. The third-order valence-electron chi connectivity index (χ3n) is 1.61. The molecular formula is C8H7NS. The molecule has 0 saturated carbocycles. The molecule has 0 aromatic carbocycles. The minimum atomic E-state index is 0.290. The average molecular weight is 149 g/mol. The Hall–Kier alpha value is -0.780. The van der Waals surface area contributed by atoms with Gasteiger partial charge in [0.25, 0.3) is 0 Å². The van der Waals surface area contributed by atoms with E-state index in [1.165, 1.54) is 4.88 Å². The smallest absolute Gasteiger partial charge is 0.0898 e. The Labute approximate surface area is 64.1 Å². The fourth-order valence-corrected chi connectivity index (χ4v) is 1.82. The predicted molar refractivity (Wildman–Crippen MR) is 42.8 cm³/mol. The van der Waals surface area contributed by atoms with Gasteiger partial charge in [-0.2, -0.15) is 0 Å². The summed E-state index contributed by atoms with van der Waals surface area (Å²) in [5.74, 6) is 2.67. The third kappa shape index (κ3) is 0.841. The summed E-state index contributed by atoms with van der Waals surface area (Å²) in [4.78, 5) is 1.35. The van der Waals surface area contributed by atoms with Crippen molar-refractivity contribution in [3.05, 3.63) is 22.4 Å². The second-order valence-electron chi connectivity index (χ2n) is 2.30. The average Bonchev–Trinajstić information content (AvgIpc) is 2.56. The molecule has 1 aliphatic heterocycles. The summed E-state index contributed by atoms with van der Waals surface area (Å²) in [6.45, 7) is 0. The van der Waals surface area contributed by atoms with Crippen LogP contribution in [0, 0.1) is 12.3 Å². The van der Waals surface area contributed by atoms with Crippen molar-refractivity contribution in [3.63, 3.8) is 0 Å². The van der Waals surface area contributed by atoms with Crippen LogP contribution in [-0.4, -0.2) is 6.04 Å². The highest BCUT2D eigenvalue weighted by molar-refractivity contribution is 7.10. The first kappa shape index (κ1) is 5.96. The van der Waals surface area contributed by atoms with E-state index in [1.807, 2.05) is 6.07 Å². The molecule has 1 N–H and O–H groups in total. The van der Waals surface area contributed by atoms with Crippen LogP contribution in [0.5, 0.6) is 0 Å². The van der Waals surface area contributed by atoms with E-state index in [4.69, 9.17) is 6.42 Å². The Morgan fingerprint density at radius 2 is 2.60 bits per heavy atom. The van der Waals surface area contributed by atoms with Gasteiger partial charge in [0.05, 0.1) is 12.1 Å². The molecule has 1 aromatic rings. The van der Waals surface area contributed by atoms with Crippen LogP contribution in [0.1, 0.15) is 10.9 Å². The second kappa shape index (κ2) is 2.12. The first-order chi connectivity index (χ1) is 4.92.